The number of pyridine rings is 1. The Morgan fingerprint density at radius 3 is 2.83 bits per heavy atom. The van der Waals surface area contributed by atoms with Gasteiger partial charge in [-0.15, -0.1) is 0 Å². The summed E-state index contributed by atoms with van der Waals surface area (Å²) in [4.78, 5) is 17.3. The summed E-state index contributed by atoms with van der Waals surface area (Å²) >= 11 is 0. The minimum Gasteiger partial charge on any atom is -0.480 e. The summed E-state index contributed by atoms with van der Waals surface area (Å²) in [6, 6.07) is 5.59. The molecule has 2 aromatic rings. The maximum Gasteiger partial charge on any atom is 0.320 e. The van der Waals surface area contributed by atoms with Crippen LogP contribution in [-0.2, 0) is 4.79 Å². The number of aliphatic carboxylic acids is 1. The molecule has 1 saturated heterocycles. The number of hydrogen-bond donors (Lipinski definition) is 1. The fourth-order valence-corrected chi connectivity index (χ4v) is 3.17. The Labute approximate surface area is 132 Å². The minimum atomic E-state index is -0.932. The molecule has 0 radical (unpaired) electrons. The fourth-order valence-electron chi connectivity index (χ4n) is 3.17. The van der Waals surface area contributed by atoms with Gasteiger partial charge in [-0.3, -0.25) is 14.7 Å². The second-order valence-electron chi connectivity index (χ2n) is 5.59. The number of likely N-dealkylation sites (tertiary alicyclic amines) is 1. The molecule has 1 N–H and O–H groups in total. The molecule has 1 aromatic heterocycles. The van der Waals surface area contributed by atoms with Crippen molar-refractivity contribution in [2.24, 2.45) is 0 Å². The zero-order valence-electron chi connectivity index (χ0n) is 12.3. The summed E-state index contributed by atoms with van der Waals surface area (Å²) in [6.07, 6.45) is 4.41. The molecule has 0 bridgehead atoms. The first kappa shape index (κ1) is 15.6. The Balaban J connectivity index is 2.09. The van der Waals surface area contributed by atoms with E-state index >= 15 is 0 Å². The molecular weight excluding hydrogens is 302 g/mol. The van der Waals surface area contributed by atoms with Crippen molar-refractivity contribution >= 4 is 5.97 Å². The first-order valence-electron chi connectivity index (χ1n) is 7.41. The average Bonchev–Trinajstić information content (AvgIpc) is 3.00. The van der Waals surface area contributed by atoms with Gasteiger partial charge in [-0.1, -0.05) is 12.1 Å². The van der Waals surface area contributed by atoms with Crippen LogP contribution >= 0.6 is 0 Å². The lowest BCUT2D eigenvalue weighted by Gasteiger charge is -2.32. The predicted octanol–water partition coefficient (Wildman–Crippen LogP) is 3.00. The quantitative estimate of drug-likeness (QED) is 0.941. The second-order valence-corrected chi connectivity index (χ2v) is 5.59. The van der Waals surface area contributed by atoms with E-state index in [2.05, 4.69) is 4.98 Å². The van der Waals surface area contributed by atoms with Crippen LogP contribution in [0, 0.1) is 11.6 Å². The van der Waals surface area contributed by atoms with Crippen LogP contribution in [0.1, 0.15) is 30.0 Å². The molecule has 1 aliphatic heterocycles. The summed E-state index contributed by atoms with van der Waals surface area (Å²) in [5.74, 6) is -2.28. The molecule has 1 aromatic carbocycles. The summed E-state index contributed by atoms with van der Waals surface area (Å²) in [5, 5.41) is 9.43. The van der Waals surface area contributed by atoms with Crippen LogP contribution in [0.15, 0.2) is 42.7 Å². The van der Waals surface area contributed by atoms with Crippen molar-refractivity contribution in [3.63, 3.8) is 0 Å². The van der Waals surface area contributed by atoms with Gasteiger partial charge in [0.15, 0.2) is 0 Å². The Morgan fingerprint density at radius 1 is 1.35 bits per heavy atom. The largest absolute Gasteiger partial charge is 0.480 e. The van der Waals surface area contributed by atoms with Gasteiger partial charge in [0.1, 0.15) is 17.7 Å². The maximum absolute atomic E-state index is 14.3. The van der Waals surface area contributed by atoms with E-state index < -0.39 is 29.7 Å². The van der Waals surface area contributed by atoms with E-state index in [4.69, 9.17) is 0 Å². The third-order valence-electron chi connectivity index (χ3n) is 4.17. The lowest BCUT2D eigenvalue weighted by atomic mass is 9.97. The standard InChI is InChI=1S/C17H16F2N2O2/c18-12-5-6-13(14(19)9-12)16(11-3-1-7-20-10-11)21-8-2-4-15(21)17(22)23/h1,3,5-7,9-10,15-16H,2,4,8H2,(H,22,23). The molecule has 1 fully saturated rings. The molecule has 1 aliphatic rings. The van der Waals surface area contributed by atoms with Crippen LogP contribution in [0.4, 0.5) is 8.78 Å². The number of aromatic nitrogens is 1. The summed E-state index contributed by atoms with van der Waals surface area (Å²) in [5.41, 5.74) is 0.943. The van der Waals surface area contributed by atoms with Gasteiger partial charge in [-0.2, -0.15) is 0 Å². The van der Waals surface area contributed by atoms with Crippen LogP contribution in [0.25, 0.3) is 0 Å². The highest BCUT2D eigenvalue weighted by atomic mass is 19.1. The van der Waals surface area contributed by atoms with Gasteiger partial charge in [0.05, 0.1) is 6.04 Å². The highest BCUT2D eigenvalue weighted by molar-refractivity contribution is 5.74. The highest BCUT2D eigenvalue weighted by Crippen LogP contribution is 2.35. The molecule has 0 spiro atoms. The number of hydrogen-bond acceptors (Lipinski definition) is 3. The van der Waals surface area contributed by atoms with E-state index in [1.165, 1.54) is 12.1 Å². The molecule has 0 aliphatic carbocycles. The monoisotopic (exact) mass is 318 g/mol. The molecular formula is C17H16F2N2O2. The normalized spacial score (nSPS) is 19.7. The number of benzene rings is 1. The highest BCUT2D eigenvalue weighted by Gasteiger charge is 2.37. The lowest BCUT2D eigenvalue weighted by Crippen LogP contribution is -2.39. The number of rotatable bonds is 4. The molecule has 23 heavy (non-hydrogen) atoms. The Bertz CT molecular complexity index is 709. The third kappa shape index (κ3) is 3.07. The van der Waals surface area contributed by atoms with Crippen molar-refractivity contribution in [1.82, 2.24) is 9.88 Å². The molecule has 2 atom stereocenters. The van der Waals surface area contributed by atoms with Crippen molar-refractivity contribution in [1.29, 1.82) is 0 Å². The van der Waals surface area contributed by atoms with Gasteiger partial charge >= 0.3 is 5.97 Å². The molecule has 6 heteroatoms. The summed E-state index contributed by atoms with van der Waals surface area (Å²) in [7, 11) is 0. The Kier molecular flexibility index (Phi) is 4.34. The van der Waals surface area contributed by atoms with E-state index in [1.54, 1.807) is 29.4 Å². The van der Waals surface area contributed by atoms with E-state index in [1.807, 2.05) is 0 Å². The number of carbonyl (C=O) groups is 1. The van der Waals surface area contributed by atoms with E-state index in [0.717, 1.165) is 12.5 Å². The van der Waals surface area contributed by atoms with Crippen LogP contribution in [-0.4, -0.2) is 33.5 Å². The van der Waals surface area contributed by atoms with Crippen LogP contribution in [0.2, 0.25) is 0 Å². The smallest absolute Gasteiger partial charge is 0.320 e. The third-order valence-corrected chi connectivity index (χ3v) is 4.17. The van der Waals surface area contributed by atoms with Crippen molar-refractivity contribution < 1.29 is 18.7 Å². The molecule has 0 amide bonds. The topological polar surface area (TPSA) is 53.4 Å². The molecule has 2 unspecified atom stereocenters. The zero-order chi connectivity index (χ0) is 16.4. The van der Waals surface area contributed by atoms with Crippen molar-refractivity contribution in [3.05, 3.63) is 65.5 Å². The average molecular weight is 318 g/mol. The molecule has 4 nitrogen and oxygen atoms in total. The molecule has 3 rings (SSSR count). The number of carboxylic acids is 1. The Hall–Kier alpha value is -2.34. The first-order valence-corrected chi connectivity index (χ1v) is 7.41. The maximum atomic E-state index is 14.3. The number of carboxylic acid groups (broad SMARTS) is 1. The minimum absolute atomic E-state index is 0.257. The van der Waals surface area contributed by atoms with E-state index in [9.17, 15) is 18.7 Å². The van der Waals surface area contributed by atoms with Crippen molar-refractivity contribution in [2.45, 2.75) is 24.9 Å². The molecule has 2 heterocycles. The first-order chi connectivity index (χ1) is 11.1. The van der Waals surface area contributed by atoms with Crippen molar-refractivity contribution in [2.75, 3.05) is 6.54 Å². The molecule has 120 valence electrons. The SMILES string of the molecule is O=C(O)C1CCCN1C(c1cccnc1)c1ccc(F)cc1F. The molecule has 0 saturated carbocycles. The number of halogens is 2. The van der Waals surface area contributed by atoms with Gasteiger partial charge in [-0.05, 0) is 30.5 Å². The van der Waals surface area contributed by atoms with Gasteiger partial charge < -0.3 is 5.11 Å². The van der Waals surface area contributed by atoms with Crippen LogP contribution in [0.5, 0.6) is 0 Å². The van der Waals surface area contributed by atoms with Crippen LogP contribution in [0.3, 0.4) is 0 Å². The van der Waals surface area contributed by atoms with E-state index in [-0.39, 0.29) is 5.56 Å². The number of nitrogens with zero attached hydrogens (tertiary/aromatic N) is 2. The van der Waals surface area contributed by atoms with Crippen molar-refractivity contribution in [3.8, 4) is 0 Å². The zero-order valence-corrected chi connectivity index (χ0v) is 12.3. The second kappa shape index (κ2) is 6.42. The van der Waals surface area contributed by atoms with Gasteiger partial charge in [0, 0.05) is 30.6 Å². The summed E-state index contributed by atoms with van der Waals surface area (Å²) in [6.45, 7) is 0.535. The lowest BCUT2D eigenvalue weighted by molar-refractivity contribution is -0.142. The van der Waals surface area contributed by atoms with Crippen LogP contribution < -0.4 is 0 Å². The van der Waals surface area contributed by atoms with Gasteiger partial charge in [0.25, 0.3) is 0 Å². The van der Waals surface area contributed by atoms with Gasteiger partial charge in [0.2, 0.25) is 0 Å². The summed E-state index contributed by atoms with van der Waals surface area (Å²) < 4.78 is 27.6. The predicted molar refractivity (Wildman–Crippen MR) is 79.8 cm³/mol. The Morgan fingerprint density at radius 2 is 2.17 bits per heavy atom. The van der Waals surface area contributed by atoms with Gasteiger partial charge in [-0.25, -0.2) is 8.78 Å². The van der Waals surface area contributed by atoms with E-state index in [0.29, 0.717) is 18.5 Å². The fraction of sp³-hybridized carbons (Fsp3) is 0.294.